The van der Waals surface area contributed by atoms with Gasteiger partial charge in [-0.15, -0.1) is 0 Å². The van der Waals surface area contributed by atoms with Crippen LogP contribution in [-0.4, -0.2) is 29.4 Å². The topological polar surface area (TPSA) is 72.7 Å². The van der Waals surface area contributed by atoms with Gasteiger partial charge in [0.15, 0.2) is 0 Å². The Morgan fingerprint density at radius 2 is 1.88 bits per heavy atom. The monoisotopic (exact) mass is 350 g/mol. The van der Waals surface area contributed by atoms with Crippen molar-refractivity contribution >= 4 is 11.6 Å². The minimum atomic E-state index is -2.90. The predicted octanol–water partition coefficient (Wildman–Crippen LogP) is 3.78. The van der Waals surface area contributed by atoms with Gasteiger partial charge in [0.1, 0.15) is 5.75 Å². The summed E-state index contributed by atoms with van der Waals surface area (Å²) in [5.74, 6) is -0.337. The molecule has 8 heteroatoms. The van der Waals surface area contributed by atoms with Crippen LogP contribution in [0.3, 0.4) is 0 Å². The predicted molar refractivity (Wildman–Crippen MR) is 86.7 cm³/mol. The first kappa shape index (κ1) is 18.3. The van der Waals surface area contributed by atoms with Crippen molar-refractivity contribution in [3.63, 3.8) is 0 Å². The summed E-state index contributed by atoms with van der Waals surface area (Å²) < 4.78 is 28.5. The number of benzene rings is 2. The number of carbonyl (C=O) groups excluding carboxylic acids is 1. The van der Waals surface area contributed by atoms with E-state index in [1.165, 1.54) is 42.2 Å². The van der Waals surface area contributed by atoms with Crippen LogP contribution in [0.2, 0.25) is 0 Å². The highest BCUT2D eigenvalue weighted by atomic mass is 19.3. The Bertz CT molecular complexity index is 779. The summed E-state index contributed by atoms with van der Waals surface area (Å²) in [5, 5.41) is 11.0. The van der Waals surface area contributed by atoms with Crippen LogP contribution in [0.4, 0.5) is 14.5 Å². The standard InChI is InChI=1S/C17H16F2N2O4/c1-11-14(4-3-5-15(11)21(23)24)16(22)20(2)10-12-6-8-13(9-7-12)25-17(18)19/h3-9,17H,10H2,1-2H3. The third-order valence-electron chi connectivity index (χ3n) is 3.65. The van der Waals surface area contributed by atoms with E-state index < -0.39 is 11.5 Å². The van der Waals surface area contributed by atoms with Gasteiger partial charge in [-0.3, -0.25) is 14.9 Å². The quantitative estimate of drug-likeness (QED) is 0.587. The van der Waals surface area contributed by atoms with Crippen LogP contribution in [0.5, 0.6) is 5.75 Å². The van der Waals surface area contributed by atoms with Gasteiger partial charge >= 0.3 is 6.61 Å². The Hall–Kier alpha value is -3.03. The Labute approximate surface area is 142 Å². The van der Waals surface area contributed by atoms with Crippen molar-refractivity contribution in [2.45, 2.75) is 20.1 Å². The Morgan fingerprint density at radius 3 is 2.44 bits per heavy atom. The van der Waals surface area contributed by atoms with Crippen molar-refractivity contribution in [2.24, 2.45) is 0 Å². The van der Waals surface area contributed by atoms with Crippen LogP contribution in [0, 0.1) is 17.0 Å². The van der Waals surface area contributed by atoms with Crippen LogP contribution < -0.4 is 4.74 Å². The number of nitrogens with zero attached hydrogens (tertiary/aromatic N) is 2. The maximum atomic E-state index is 12.5. The van der Waals surface area contributed by atoms with Crippen molar-refractivity contribution in [1.29, 1.82) is 0 Å². The molecule has 0 aliphatic rings. The molecular weight excluding hydrogens is 334 g/mol. The molecule has 0 N–H and O–H groups in total. The molecule has 0 fully saturated rings. The lowest BCUT2D eigenvalue weighted by Gasteiger charge is -2.18. The second kappa shape index (κ2) is 7.69. The zero-order valence-corrected chi connectivity index (χ0v) is 13.6. The lowest BCUT2D eigenvalue weighted by Crippen LogP contribution is -2.27. The number of nitro groups is 1. The fourth-order valence-corrected chi connectivity index (χ4v) is 2.38. The molecule has 0 radical (unpaired) electrons. The summed E-state index contributed by atoms with van der Waals surface area (Å²) in [6.07, 6.45) is 0. The van der Waals surface area contributed by atoms with Crippen LogP contribution in [0.15, 0.2) is 42.5 Å². The molecule has 1 amide bonds. The fraction of sp³-hybridized carbons (Fsp3) is 0.235. The van der Waals surface area contributed by atoms with Gasteiger partial charge in [-0.05, 0) is 30.7 Å². The zero-order chi connectivity index (χ0) is 18.6. The molecule has 0 saturated heterocycles. The third kappa shape index (κ3) is 4.50. The van der Waals surface area contributed by atoms with Crippen LogP contribution in [-0.2, 0) is 6.54 Å². The van der Waals surface area contributed by atoms with Gasteiger partial charge in [0.25, 0.3) is 11.6 Å². The molecule has 2 aromatic carbocycles. The lowest BCUT2D eigenvalue weighted by atomic mass is 10.1. The molecule has 0 saturated carbocycles. The fourth-order valence-electron chi connectivity index (χ4n) is 2.38. The van der Waals surface area contributed by atoms with E-state index >= 15 is 0 Å². The molecule has 2 aromatic rings. The summed E-state index contributed by atoms with van der Waals surface area (Å²) in [6, 6.07) is 10.2. The lowest BCUT2D eigenvalue weighted by molar-refractivity contribution is -0.385. The van der Waals surface area contributed by atoms with Crippen molar-refractivity contribution in [3.8, 4) is 5.75 Å². The Balaban J connectivity index is 2.13. The largest absolute Gasteiger partial charge is 0.435 e. The van der Waals surface area contributed by atoms with E-state index in [0.717, 1.165) is 0 Å². The number of hydrogen-bond donors (Lipinski definition) is 0. The molecule has 25 heavy (non-hydrogen) atoms. The maximum absolute atomic E-state index is 12.5. The second-order valence-electron chi connectivity index (χ2n) is 5.39. The van der Waals surface area contributed by atoms with Gasteiger partial charge in [-0.2, -0.15) is 8.78 Å². The highest BCUT2D eigenvalue weighted by Gasteiger charge is 2.20. The molecule has 0 aliphatic carbocycles. The third-order valence-corrected chi connectivity index (χ3v) is 3.65. The SMILES string of the molecule is Cc1c(C(=O)N(C)Cc2ccc(OC(F)F)cc2)cccc1[N+](=O)[O-]. The molecule has 0 spiro atoms. The summed E-state index contributed by atoms with van der Waals surface area (Å²) >= 11 is 0. The highest BCUT2D eigenvalue weighted by Crippen LogP contribution is 2.23. The average molecular weight is 350 g/mol. The Kier molecular flexibility index (Phi) is 5.63. The van der Waals surface area contributed by atoms with E-state index in [-0.39, 0.29) is 29.5 Å². The second-order valence-corrected chi connectivity index (χ2v) is 5.39. The summed E-state index contributed by atoms with van der Waals surface area (Å²) in [5.41, 5.74) is 1.13. The first-order valence-corrected chi connectivity index (χ1v) is 7.33. The number of amides is 1. The highest BCUT2D eigenvalue weighted by molar-refractivity contribution is 5.96. The molecule has 0 atom stereocenters. The molecule has 0 heterocycles. The number of carbonyl (C=O) groups is 1. The van der Waals surface area contributed by atoms with E-state index in [1.54, 1.807) is 19.2 Å². The molecule has 0 aliphatic heterocycles. The molecule has 0 bridgehead atoms. The number of ether oxygens (including phenoxy) is 1. The van der Waals surface area contributed by atoms with Crippen molar-refractivity contribution in [3.05, 3.63) is 69.3 Å². The summed E-state index contributed by atoms with van der Waals surface area (Å²) in [7, 11) is 1.56. The first-order chi connectivity index (χ1) is 11.8. The van der Waals surface area contributed by atoms with E-state index in [1.807, 2.05) is 0 Å². The Morgan fingerprint density at radius 1 is 1.24 bits per heavy atom. The van der Waals surface area contributed by atoms with E-state index in [9.17, 15) is 23.7 Å². The number of alkyl halides is 2. The van der Waals surface area contributed by atoms with Crippen molar-refractivity contribution in [1.82, 2.24) is 4.90 Å². The van der Waals surface area contributed by atoms with E-state index in [2.05, 4.69) is 4.74 Å². The van der Waals surface area contributed by atoms with Crippen LogP contribution in [0.25, 0.3) is 0 Å². The van der Waals surface area contributed by atoms with Crippen LogP contribution in [0.1, 0.15) is 21.5 Å². The number of nitro benzene ring substituents is 1. The molecule has 6 nitrogen and oxygen atoms in total. The van der Waals surface area contributed by atoms with Gasteiger partial charge < -0.3 is 9.64 Å². The van der Waals surface area contributed by atoms with Crippen LogP contribution >= 0.6 is 0 Å². The molecule has 132 valence electrons. The van der Waals surface area contributed by atoms with E-state index in [4.69, 9.17) is 0 Å². The van der Waals surface area contributed by atoms with Crippen molar-refractivity contribution in [2.75, 3.05) is 7.05 Å². The van der Waals surface area contributed by atoms with Gasteiger partial charge in [-0.1, -0.05) is 18.2 Å². The van der Waals surface area contributed by atoms with Gasteiger partial charge in [-0.25, -0.2) is 0 Å². The molecule has 2 rings (SSSR count). The number of halogens is 2. The molecule has 0 aromatic heterocycles. The summed E-state index contributed by atoms with van der Waals surface area (Å²) in [6.45, 7) is -1.15. The molecule has 0 unspecified atom stereocenters. The minimum Gasteiger partial charge on any atom is -0.435 e. The minimum absolute atomic E-state index is 0.0299. The van der Waals surface area contributed by atoms with Crippen molar-refractivity contribution < 1.29 is 23.2 Å². The smallest absolute Gasteiger partial charge is 0.387 e. The number of hydrogen-bond acceptors (Lipinski definition) is 4. The summed E-state index contributed by atoms with van der Waals surface area (Å²) in [4.78, 5) is 24.4. The maximum Gasteiger partial charge on any atom is 0.387 e. The number of rotatable bonds is 6. The normalized spacial score (nSPS) is 10.6. The van der Waals surface area contributed by atoms with Gasteiger partial charge in [0, 0.05) is 30.8 Å². The van der Waals surface area contributed by atoms with Gasteiger partial charge in [0.05, 0.1) is 4.92 Å². The molecular formula is C17H16F2N2O4. The average Bonchev–Trinajstić information content (AvgIpc) is 2.55. The van der Waals surface area contributed by atoms with Gasteiger partial charge in [0.2, 0.25) is 0 Å². The van der Waals surface area contributed by atoms with E-state index in [0.29, 0.717) is 11.1 Å². The zero-order valence-electron chi connectivity index (χ0n) is 13.6. The first-order valence-electron chi connectivity index (χ1n) is 7.33.